The van der Waals surface area contributed by atoms with Crippen molar-refractivity contribution in [3.05, 3.63) is 82.7 Å². The number of amides is 1. The van der Waals surface area contributed by atoms with Crippen LogP contribution >= 0.6 is 0 Å². The van der Waals surface area contributed by atoms with Crippen molar-refractivity contribution in [1.82, 2.24) is 14.7 Å². The Morgan fingerprint density at radius 1 is 1.07 bits per heavy atom. The predicted octanol–water partition coefficient (Wildman–Crippen LogP) is 3.12. The monoisotopic (exact) mass is 405 g/mol. The van der Waals surface area contributed by atoms with E-state index in [9.17, 15) is 19.8 Å². The number of aromatic carboxylic acids is 1. The Kier molecular flexibility index (Phi) is 5.52. The largest absolute Gasteiger partial charge is 0.508 e. The smallest absolute Gasteiger partial charge is 0.356 e. The first kappa shape index (κ1) is 19.7. The zero-order chi connectivity index (χ0) is 21.1. The molecule has 2 aromatic carbocycles. The minimum Gasteiger partial charge on any atom is -0.508 e. The van der Waals surface area contributed by atoms with E-state index in [0.717, 1.165) is 18.5 Å². The fourth-order valence-electron chi connectivity index (χ4n) is 3.92. The molecule has 0 aliphatic carbocycles. The van der Waals surface area contributed by atoms with Crippen molar-refractivity contribution >= 4 is 11.9 Å². The SMILES string of the molecule is O=C(O)c1nn(CCCc2ccccc2)c2c1CN(C(=O)c1cccc(O)c1)CC2. The van der Waals surface area contributed by atoms with Gasteiger partial charge in [-0.1, -0.05) is 36.4 Å². The number of rotatable bonds is 6. The summed E-state index contributed by atoms with van der Waals surface area (Å²) in [5.74, 6) is -1.29. The van der Waals surface area contributed by atoms with Crippen LogP contribution in [-0.4, -0.2) is 43.3 Å². The van der Waals surface area contributed by atoms with Gasteiger partial charge in [0.2, 0.25) is 0 Å². The normalized spacial score (nSPS) is 13.1. The van der Waals surface area contributed by atoms with Gasteiger partial charge in [0, 0.05) is 36.3 Å². The lowest BCUT2D eigenvalue weighted by Crippen LogP contribution is -2.36. The highest BCUT2D eigenvalue weighted by Crippen LogP contribution is 2.25. The molecule has 0 atom stereocenters. The zero-order valence-electron chi connectivity index (χ0n) is 16.5. The maximum absolute atomic E-state index is 12.8. The number of aryl methyl sites for hydroxylation is 2. The summed E-state index contributed by atoms with van der Waals surface area (Å²) in [6.45, 7) is 1.31. The molecule has 0 saturated carbocycles. The Hall–Kier alpha value is -3.61. The van der Waals surface area contributed by atoms with Gasteiger partial charge in [-0.15, -0.1) is 0 Å². The van der Waals surface area contributed by atoms with Crippen LogP contribution in [0.15, 0.2) is 54.6 Å². The number of fused-ring (bicyclic) bond motifs is 1. The maximum atomic E-state index is 12.8. The molecule has 30 heavy (non-hydrogen) atoms. The summed E-state index contributed by atoms with van der Waals surface area (Å²) in [7, 11) is 0. The van der Waals surface area contributed by atoms with Crippen molar-refractivity contribution in [1.29, 1.82) is 0 Å². The molecule has 0 radical (unpaired) electrons. The van der Waals surface area contributed by atoms with Crippen LogP contribution in [0.3, 0.4) is 0 Å². The first-order valence-corrected chi connectivity index (χ1v) is 9.97. The molecule has 4 rings (SSSR count). The number of aromatic nitrogens is 2. The second kappa shape index (κ2) is 8.41. The van der Waals surface area contributed by atoms with Gasteiger partial charge in [0.25, 0.3) is 5.91 Å². The Morgan fingerprint density at radius 3 is 2.60 bits per heavy atom. The summed E-state index contributed by atoms with van der Waals surface area (Å²) in [6.07, 6.45) is 2.29. The van der Waals surface area contributed by atoms with Crippen LogP contribution in [0.2, 0.25) is 0 Å². The molecule has 2 heterocycles. The Bertz CT molecular complexity index is 1080. The quantitative estimate of drug-likeness (QED) is 0.657. The van der Waals surface area contributed by atoms with Gasteiger partial charge in [-0.25, -0.2) is 4.79 Å². The van der Waals surface area contributed by atoms with E-state index in [1.165, 1.54) is 17.7 Å². The lowest BCUT2D eigenvalue weighted by molar-refractivity contribution is 0.0674. The third kappa shape index (κ3) is 4.05. The van der Waals surface area contributed by atoms with Crippen LogP contribution in [-0.2, 0) is 25.9 Å². The van der Waals surface area contributed by atoms with E-state index >= 15 is 0 Å². The second-order valence-electron chi connectivity index (χ2n) is 7.42. The first-order valence-electron chi connectivity index (χ1n) is 9.97. The van der Waals surface area contributed by atoms with E-state index in [0.29, 0.717) is 30.6 Å². The molecule has 1 aromatic heterocycles. The van der Waals surface area contributed by atoms with Crippen molar-refractivity contribution in [3.63, 3.8) is 0 Å². The van der Waals surface area contributed by atoms with E-state index in [4.69, 9.17) is 0 Å². The molecule has 0 spiro atoms. The number of hydrogen-bond donors (Lipinski definition) is 2. The molecule has 2 N–H and O–H groups in total. The molecule has 7 nitrogen and oxygen atoms in total. The van der Waals surface area contributed by atoms with E-state index in [-0.39, 0.29) is 23.9 Å². The highest BCUT2D eigenvalue weighted by Gasteiger charge is 2.30. The average molecular weight is 405 g/mol. The van der Waals surface area contributed by atoms with E-state index in [2.05, 4.69) is 17.2 Å². The van der Waals surface area contributed by atoms with Crippen molar-refractivity contribution in [2.24, 2.45) is 0 Å². The summed E-state index contributed by atoms with van der Waals surface area (Å²) < 4.78 is 1.79. The number of carbonyl (C=O) groups excluding carboxylic acids is 1. The highest BCUT2D eigenvalue weighted by atomic mass is 16.4. The number of carboxylic acid groups (broad SMARTS) is 1. The van der Waals surface area contributed by atoms with Crippen molar-refractivity contribution < 1.29 is 19.8 Å². The van der Waals surface area contributed by atoms with Gasteiger partial charge in [-0.2, -0.15) is 5.10 Å². The minimum atomic E-state index is -1.08. The molecule has 1 aliphatic rings. The van der Waals surface area contributed by atoms with Gasteiger partial charge < -0.3 is 15.1 Å². The third-order valence-electron chi connectivity index (χ3n) is 5.40. The van der Waals surface area contributed by atoms with Crippen LogP contribution in [0, 0.1) is 0 Å². The molecule has 0 fully saturated rings. The van der Waals surface area contributed by atoms with Gasteiger partial charge in [0.15, 0.2) is 5.69 Å². The number of phenols is 1. The molecule has 1 aliphatic heterocycles. The maximum Gasteiger partial charge on any atom is 0.356 e. The number of benzene rings is 2. The molecular formula is C23H23N3O4. The highest BCUT2D eigenvalue weighted by molar-refractivity contribution is 5.95. The molecular weight excluding hydrogens is 382 g/mol. The van der Waals surface area contributed by atoms with Gasteiger partial charge >= 0.3 is 5.97 Å². The molecule has 154 valence electrons. The summed E-state index contributed by atoms with van der Waals surface area (Å²) in [5, 5.41) is 23.6. The van der Waals surface area contributed by atoms with Crippen LogP contribution in [0.5, 0.6) is 5.75 Å². The predicted molar refractivity (Wildman–Crippen MR) is 111 cm³/mol. The summed E-state index contributed by atoms with van der Waals surface area (Å²) >= 11 is 0. The summed E-state index contributed by atoms with van der Waals surface area (Å²) in [6, 6.07) is 16.3. The molecule has 3 aromatic rings. The van der Waals surface area contributed by atoms with Gasteiger partial charge in [0.1, 0.15) is 5.75 Å². The topological polar surface area (TPSA) is 95.7 Å². The first-order chi connectivity index (χ1) is 14.5. The van der Waals surface area contributed by atoms with Crippen molar-refractivity contribution in [2.45, 2.75) is 32.4 Å². The molecule has 1 amide bonds. The third-order valence-corrected chi connectivity index (χ3v) is 5.40. The standard InChI is InChI=1S/C23H23N3O4/c27-18-10-4-9-17(14-18)22(28)25-13-11-20-19(15-25)21(23(29)30)24-26(20)12-5-8-16-6-2-1-3-7-16/h1-4,6-7,9-10,14,27H,5,8,11-13,15H2,(H,29,30). The average Bonchev–Trinajstić information content (AvgIpc) is 3.12. The number of aromatic hydroxyl groups is 1. The molecule has 7 heteroatoms. The molecule has 0 saturated heterocycles. The molecule has 0 unspecified atom stereocenters. The molecule has 0 bridgehead atoms. The second-order valence-corrected chi connectivity index (χ2v) is 7.42. The lowest BCUT2D eigenvalue weighted by atomic mass is 10.0. The van der Waals surface area contributed by atoms with Crippen LogP contribution in [0.4, 0.5) is 0 Å². The van der Waals surface area contributed by atoms with Crippen molar-refractivity contribution in [2.75, 3.05) is 6.54 Å². The Labute approximate surface area is 174 Å². The van der Waals surface area contributed by atoms with E-state index in [1.54, 1.807) is 21.7 Å². The summed E-state index contributed by atoms with van der Waals surface area (Å²) in [5.41, 5.74) is 3.12. The number of nitrogens with zero attached hydrogens (tertiary/aromatic N) is 3. The fourth-order valence-corrected chi connectivity index (χ4v) is 3.92. The number of phenolic OH excluding ortho intramolecular Hbond substituents is 1. The van der Waals surface area contributed by atoms with Crippen LogP contribution in [0.1, 0.15) is 44.1 Å². The van der Waals surface area contributed by atoms with E-state index in [1.807, 2.05) is 18.2 Å². The van der Waals surface area contributed by atoms with Crippen molar-refractivity contribution in [3.8, 4) is 5.75 Å². The fraction of sp³-hybridized carbons (Fsp3) is 0.261. The van der Waals surface area contributed by atoms with E-state index < -0.39 is 5.97 Å². The van der Waals surface area contributed by atoms with Crippen LogP contribution < -0.4 is 0 Å². The van der Waals surface area contributed by atoms with Gasteiger partial charge in [-0.3, -0.25) is 9.48 Å². The minimum absolute atomic E-state index is 0.0121. The lowest BCUT2D eigenvalue weighted by Gasteiger charge is -2.28. The number of carbonyl (C=O) groups is 2. The Morgan fingerprint density at radius 2 is 1.87 bits per heavy atom. The van der Waals surface area contributed by atoms with Gasteiger partial charge in [-0.05, 0) is 36.6 Å². The van der Waals surface area contributed by atoms with Gasteiger partial charge in [0.05, 0.1) is 6.54 Å². The zero-order valence-corrected chi connectivity index (χ0v) is 16.5. The Balaban J connectivity index is 1.51. The van der Waals surface area contributed by atoms with Crippen LogP contribution in [0.25, 0.3) is 0 Å². The number of carboxylic acids is 1. The summed E-state index contributed by atoms with van der Waals surface area (Å²) in [4.78, 5) is 26.2. The number of hydrogen-bond acceptors (Lipinski definition) is 4.